The SMILES string of the molecule is O=c1c2ccccc2nnn1CN1CCN(Cc2cccc(C(F)(F)F)c2)CC1. The molecule has 1 saturated heterocycles. The van der Waals surface area contributed by atoms with Crippen LogP contribution in [0.25, 0.3) is 10.9 Å². The van der Waals surface area contributed by atoms with Crippen molar-refractivity contribution >= 4 is 10.9 Å². The highest BCUT2D eigenvalue weighted by Crippen LogP contribution is 2.29. The van der Waals surface area contributed by atoms with Gasteiger partial charge in [-0.05, 0) is 23.8 Å². The zero-order valence-electron chi connectivity index (χ0n) is 15.6. The van der Waals surface area contributed by atoms with Crippen LogP contribution in [0, 0.1) is 0 Å². The van der Waals surface area contributed by atoms with Crippen LogP contribution in [0.5, 0.6) is 0 Å². The molecule has 29 heavy (non-hydrogen) atoms. The molecule has 2 heterocycles. The normalized spacial score (nSPS) is 16.4. The number of alkyl halides is 3. The number of nitrogens with zero attached hydrogens (tertiary/aromatic N) is 5. The molecule has 0 unspecified atom stereocenters. The number of piperazine rings is 1. The van der Waals surface area contributed by atoms with Crippen LogP contribution in [-0.2, 0) is 19.4 Å². The molecule has 2 aromatic carbocycles. The predicted molar refractivity (Wildman–Crippen MR) is 102 cm³/mol. The Morgan fingerprint density at radius 3 is 2.41 bits per heavy atom. The third kappa shape index (κ3) is 4.46. The molecule has 0 saturated carbocycles. The first-order chi connectivity index (χ1) is 13.9. The molecule has 6 nitrogen and oxygen atoms in total. The summed E-state index contributed by atoms with van der Waals surface area (Å²) in [5, 5.41) is 8.64. The largest absolute Gasteiger partial charge is 0.416 e. The van der Waals surface area contributed by atoms with Crippen LogP contribution in [0.2, 0.25) is 0 Å². The van der Waals surface area contributed by atoms with E-state index in [0.29, 0.717) is 55.9 Å². The van der Waals surface area contributed by atoms with E-state index >= 15 is 0 Å². The number of benzene rings is 2. The van der Waals surface area contributed by atoms with Gasteiger partial charge in [0.2, 0.25) is 0 Å². The van der Waals surface area contributed by atoms with Gasteiger partial charge >= 0.3 is 6.18 Å². The van der Waals surface area contributed by atoms with E-state index in [4.69, 9.17) is 0 Å². The molecular weight excluding hydrogens is 383 g/mol. The molecule has 0 radical (unpaired) electrons. The number of fused-ring (bicyclic) bond motifs is 1. The monoisotopic (exact) mass is 403 g/mol. The summed E-state index contributed by atoms with van der Waals surface area (Å²) in [6.45, 7) is 3.60. The molecule has 1 aromatic heterocycles. The maximum atomic E-state index is 12.9. The number of halogens is 3. The zero-order chi connectivity index (χ0) is 20.4. The molecule has 0 N–H and O–H groups in total. The molecule has 0 amide bonds. The minimum Gasteiger partial charge on any atom is -0.297 e. The summed E-state index contributed by atoms with van der Waals surface area (Å²) >= 11 is 0. The van der Waals surface area contributed by atoms with E-state index in [1.807, 2.05) is 6.07 Å². The summed E-state index contributed by atoms with van der Waals surface area (Å²) in [5.74, 6) is 0. The van der Waals surface area contributed by atoms with Crippen molar-refractivity contribution in [2.45, 2.75) is 19.4 Å². The van der Waals surface area contributed by atoms with E-state index in [9.17, 15) is 18.0 Å². The van der Waals surface area contributed by atoms with Gasteiger partial charge in [-0.25, -0.2) is 0 Å². The summed E-state index contributed by atoms with van der Waals surface area (Å²) < 4.78 is 40.0. The minimum absolute atomic E-state index is 0.179. The Hall–Kier alpha value is -2.78. The minimum atomic E-state index is -4.33. The maximum Gasteiger partial charge on any atom is 0.416 e. The summed E-state index contributed by atoms with van der Waals surface area (Å²) in [6.07, 6.45) is -4.33. The molecule has 0 bridgehead atoms. The molecular formula is C20H20F3N5O. The number of hydrogen-bond acceptors (Lipinski definition) is 5. The van der Waals surface area contributed by atoms with Gasteiger partial charge in [0.25, 0.3) is 5.56 Å². The molecule has 0 atom stereocenters. The maximum absolute atomic E-state index is 12.9. The quantitative estimate of drug-likeness (QED) is 0.670. The van der Waals surface area contributed by atoms with Gasteiger partial charge < -0.3 is 0 Å². The van der Waals surface area contributed by atoms with Crippen molar-refractivity contribution in [2.75, 3.05) is 26.2 Å². The van der Waals surface area contributed by atoms with Gasteiger partial charge in [-0.2, -0.15) is 17.9 Å². The van der Waals surface area contributed by atoms with Crippen LogP contribution in [0.4, 0.5) is 13.2 Å². The van der Waals surface area contributed by atoms with E-state index < -0.39 is 11.7 Å². The fraction of sp³-hybridized carbons (Fsp3) is 0.350. The Balaban J connectivity index is 1.37. The van der Waals surface area contributed by atoms with Crippen LogP contribution in [0.1, 0.15) is 11.1 Å². The van der Waals surface area contributed by atoms with Crippen molar-refractivity contribution in [1.29, 1.82) is 0 Å². The topological polar surface area (TPSA) is 54.3 Å². The fourth-order valence-electron chi connectivity index (χ4n) is 3.50. The highest BCUT2D eigenvalue weighted by atomic mass is 19.4. The highest BCUT2D eigenvalue weighted by molar-refractivity contribution is 5.76. The van der Waals surface area contributed by atoms with Crippen LogP contribution >= 0.6 is 0 Å². The Labute approximate surface area is 165 Å². The average molecular weight is 403 g/mol. The highest BCUT2D eigenvalue weighted by Gasteiger charge is 2.30. The van der Waals surface area contributed by atoms with E-state index in [-0.39, 0.29) is 5.56 Å². The molecule has 4 rings (SSSR count). The number of hydrogen-bond donors (Lipinski definition) is 0. The molecule has 1 aliphatic rings. The van der Waals surface area contributed by atoms with Crippen molar-refractivity contribution in [1.82, 2.24) is 24.8 Å². The summed E-state index contributed by atoms with van der Waals surface area (Å²) in [5.41, 5.74) is 0.412. The van der Waals surface area contributed by atoms with Crippen molar-refractivity contribution in [3.05, 3.63) is 70.0 Å². The second-order valence-electron chi connectivity index (χ2n) is 7.15. The second kappa shape index (κ2) is 7.92. The summed E-state index contributed by atoms with van der Waals surface area (Å²) in [7, 11) is 0. The summed E-state index contributed by atoms with van der Waals surface area (Å²) in [6, 6.07) is 12.5. The molecule has 1 aliphatic heterocycles. The first-order valence-corrected chi connectivity index (χ1v) is 9.33. The third-order valence-corrected chi connectivity index (χ3v) is 5.09. The zero-order valence-corrected chi connectivity index (χ0v) is 15.6. The number of rotatable bonds is 4. The Bertz CT molecular complexity index is 1060. The first kappa shape index (κ1) is 19.5. The van der Waals surface area contributed by atoms with Gasteiger partial charge in [-0.3, -0.25) is 14.6 Å². The molecule has 3 aromatic rings. The lowest BCUT2D eigenvalue weighted by Gasteiger charge is -2.34. The Morgan fingerprint density at radius 1 is 0.931 bits per heavy atom. The number of aromatic nitrogens is 3. The first-order valence-electron chi connectivity index (χ1n) is 9.33. The molecule has 1 fully saturated rings. The second-order valence-corrected chi connectivity index (χ2v) is 7.15. The van der Waals surface area contributed by atoms with Gasteiger partial charge in [0, 0.05) is 32.7 Å². The van der Waals surface area contributed by atoms with Crippen LogP contribution in [0.3, 0.4) is 0 Å². The molecule has 9 heteroatoms. The lowest BCUT2D eigenvalue weighted by Crippen LogP contribution is -2.47. The predicted octanol–water partition coefficient (Wildman–Crippen LogP) is 2.59. The van der Waals surface area contributed by atoms with Gasteiger partial charge in [-0.15, -0.1) is 5.10 Å². The van der Waals surface area contributed by atoms with Crippen molar-refractivity contribution in [3.63, 3.8) is 0 Å². The van der Waals surface area contributed by atoms with E-state index in [1.54, 1.807) is 24.3 Å². The molecule has 152 valence electrons. The van der Waals surface area contributed by atoms with Gasteiger partial charge in [0.1, 0.15) is 5.52 Å². The smallest absolute Gasteiger partial charge is 0.297 e. The lowest BCUT2D eigenvalue weighted by molar-refractivity contribution is -0.137. The lowest BCUT2D eigenvalue weighted by atomic mass is 10.1. The van der Waals surface area contributed by atoms with Crippen LogP contribution in [-0.4, -0.2) is 51.0 Å². The summed E-state index contributed by atoms with van der Waals surface area (Å²) in [4.78, 5) is 16.8. The van der Waals surface area contributed by atoms with E-state index in [0.717, 1.165) is 6.07 Å². The Morgan fingerprint density at radius 2 is 1.66 bits per heavy atom. The fourth-order valence-corrected chi connectivity index (χ4v) is 3.50. The Kier molecular flexibility index (Phi) is 5.33. The van der Waals surface area contributed by atoms with Gasteiger partial charge in [0.15, 0.2) is 0 Å². The van der Waals surface area contributed by atoms with Crippen molar-refractivity contribution in [3.8, 4) is 0 Å². The average Bonchev–Trinajstić information content (AvgIpc) is 2.71. The van der Waals surface area contributed by atoms with Crippen LogP contribution in [0.15, 0.2) is 53.3 Å². The van der Waals surface area contributed by atoms with Crippen LogP contribution < -0.4 is 5.56 Å². The van der Waals surface area contributed by atoms with E-state index in [1.165, 1.54) is 16.8 Å². The van der Waals surface area contributed by atoms with Crippen molar-refractivity contribution in [2.24, 2.45) is 0 Å². The van der Waals surface area contributed by atoms with Gasteiger partial charge in [-0.1, -0.05) is 35.5 Å². The van der Waals surface area contributed by atoms with Crippen molar-refractivity contribution < 1.29 is 13.2 Å². The standard InChI is InChI=1S/C20H20F3N5O/c21-20(22,23)16-5-3-4-15(12-16)13-26-8-10-27(11-9-26)14-28-19(29)17-6-1-2-7-18(17)24-25-28/h1-7,12H,8-11,13-14H2. The van der Waals surface area contributed by atoms with E-state index in [2.05, 4.69) is 20.1 Å². The van der Waals surface area contributed by atoms with Gasteiger partial charge in [0.05, 0.1) is 17.6 Å². The third-order valence-electron chi connectivity index (χ3n) is 5.09. The molecule has 0 aliphatic carbocycles. The molecule has 0 spiro atoms.